The van der Waals surface area contributed by atoms with E-state index in [4.69, 9.17) is 0 Å². The lowest BCUT2D eigenvalue weighted by molar-refractivity contribution is -0.131. The third-order valence-corrected chi connectivity index (χ3v) is 4.88. The molecule has 1 aliphatic rings. The number of carbonyl (C=O) groups excluding carboxylic acids is 1. The second-order valence-electron chi connectivity index (χ2n) is 8.04. The van der Waals surface area contributed by atoms with Crippen molar-refractivity contribution in [3.05, 3.63) is 0 Å². The number of rotatable bonds is 6. The van der Waals surface area contributed by atoms with Crippen molar-refractivity contribution >= 4 is 5.91 Å². The van der Waals surface area contributed by atoms with Crippen LogP contribution in [0.3, 0.4) is 0 Å². The topological polar surface area (TPSA) is 32.3 Å². The molecule has 2 unspecified atom stereocenters. The molecule has 0 aromatic heterocycles. The summed E-state index contributed by atoms with van der Waals surface area (Å²) in [6, 6.07) is 0.372. The Bertz CT molecular complexity index is 320. The Kier molecular flexibility index (Phi) is 7.19. The Labute approximate surface area is 131 Å². The highest BCUT2D eigenvalue weighted by atomic mass is 16.2. The van der Waals surface area contributed by atoms with Crippen molar-refractivity contribution < 1.29 is 4.79 Å². The molecule has 1 heterocycles. The number of carbonyl (C=O) groups is 1. The van der Waals surface area contributed by atoms with Crippen LogP contribution in [0.15, 0.2) is 0 Å². The van der Waals surface area contributed by atoms with Gasteiger partial charge in [0.05, 0.1) is 0 Å². The number of nitrogens with zero attached hydrogens (tertiary/aromatic N) is 1. The third-order valence-electron chi connectivity index (χ3n) is 4.88. The quantitative estimate of drug-likeness (QED) is 0.811. The highest BCUT2D eigenvalue weighted by Gasteiger charge is 2.30. The highest BCUT2D eigenvalue weighted by Crippen LogP contribution is 2.27. The van der Waals surface area contributed by atoms with Gasteiger partial charge >= 0.3 is 0 Å². The summed E-state index contributed by atoms with van der Waals surface area (Å²) < 4.78 is 0. The first-order chi connectivity index (χ1) is 9.75. The Morgan fingerprint density at radius 1 is 1.29 bits per heavy atom. The van der Waals surface area contributed by atoms with E-state index in [9.17, 15) is 4.79 Å². The summed E-state index contributed by atoms with van der Waals surface area (Å²) in [6.07, 6.45) is 4.09. The number of hydrogen-bond acceptors (Lipinski definition) is 2. The molecule has 3 nitrogen and oxygen atoms in total. The van der Waals surface area contributed by atoms with Crippen LogP contribution >= 0.6 is 0 Å². The standard InChI is InChI=1S/C18H36N2O/c1-7-11-19-16(18(4,5)6)13-20-12-10-15(14(2)3)8-9-17(20)21/h14-16,19H,7-13H2,1-6H3. The predicted octanol–water partition coefficient (Wildman–Crippen LogP) is 3.69. The largest absolute Gasteiger partial charge is 0.341 e. The van der Waals surface area contributed by atoms with Crippen molar-refractivity contribution in [1.29, 1.82) is 0 Å². The van der Waals surface area contributed by atoms with Gasteiger partial charge in [-0.3, -0.25) is 4.79 Å². The smallest absolute Gasteiger partial charge is 0.222 e. The van der Waals surface area contributed by atoms with E-state index in [-0.39, 0.29) is 5.41 Å². The minimum absolute atomic E-state index is 0.180. The maximum Gasteiger partial charge on any atom is 0.222 e. The fourth-order valence-electron chi connectivity index (χ4n) is 3.10. The Morgan fingerprint density at radius 2 is 1.95 bits per heavy atom. The Hall–Kier alpha value is -0.570. The molecule has 0 bridgehead atoms. The molecule has 1 amide bonds. The molecule has 0 aromatic carbocycles. The van der Waals surface area contributed by atoms with E-state index in [2.05, 4.69) is 51.8 Å². The second-order valence-corrected chi connectivity index (χ2v) is 8.04. The van der Waals surface area contributed by atoms with Crippen molar-refractivity contribution in [3.63, 3.8) is 0 Å². The number of nitrogens with one attached hydrogen (secondary N) is 1. The van der Waals surface area contributed by atoms with Crippen LogP contribution in [0.1, 0.15) is 67.2 Å². The maximum atomic E-state index is 12.4. The predicted molar refractivity (Wildman–Crippen MR) is 90.3 cm³/mol. The van der Waals surface area contributed by atoms with E-state index in [1.54, 1.807) is 0 Å². The van der Waals surface area contributed by atoms with Crippen molar-refractivity contribution in [3.8, 4) is 0 Å². The van der Waals surface area contributed by atoms with Gasteiger partial charge in [0, 0.05) is 25.6 Å². The minimum atomic E-state index is 0.180. The molecule has 1 saturated heterocycles. The lowest BCUT2D eigenvalue weighted by Crippen LogP contribution is -2.50. The molecule has 124 valence electrons. The van der Waals surface area contributed by atoms with E-state index in [0.717, 1.165) is 45.3 Å². The summed E-state index contributed by atoms with van der Waals surface area (Å²) in [5.74, 6) is 1.75. The molecular weight excluding hydrogens is 260 g/mol. The maximum absolute atomic E-state index is 12.4. The summed E-state index contributed by atoms with van der Waals surface area (Å²) in [5.41, 5.74) is 0.180. The Morgan fingerprint density at radius 3 is 2.48 bits per heavy atom. The van der Waals surface area contributed by atoms with Crippen LogP contribution in [-0.2, 0) is 4.79 Å². The molecule has 0 aromatic rings. The molecule has 1 rings (SSSR count). The molecular formula is C18H36N2O. The molecule has 1 N–H and O–H groups in total. The first-order valence-corrected chi connectivity index (χ1v) is 8.76. The normalized spacial score (nSPS) is 22.5. The van der Waals surface area contributed by atoms with Crippen molar-refractivity contribution in [2.45, 2.75) is 73.3 Å². The monoisotopic (exact) mass is 296 g/mol. The highest BCUT2D eigenvalue weighted by molar-refractivity contribution is 5.76. The summed E-state index contributed by atoms with van der Waals surface area (Å²) in [5, 5.41) is 3.64. The van der Waals surface area contributed by atoms with E-state index in [0.29, 0.717) is 23.8 Å². The van der Waals surface area contributed by atoms with Crippen LogP contribution in [0.2, 0.25) is 0 Å². The third kappa shape index (κ3) is 5.98. The summed E-state index contributed by atoms with van der Waals surface area (Å²) >= 11 is 0. The van der Waals surface area contributed by atoms with Gasteiger partial charge in [-0.15, -0.1) is 0 Å². The molecule has 0 spiro atoms. The van der Waals surface area contributed by atoms with Gasteiger partial charge < -0.3 is 10.2 Å². The van der Waals surface area contributed by atoms with E-state index < -0.39 is 0 Å². The average Bonchev–Trinajstić information content (AvgIpc) is 2.56. The second kappa shape index (κ2) is 8.17. The van der Waals surface area contributed by atoms with Gasteiger partial charge in [0.15, 0.2) is 0 Å². The first-order valence-electron chi connectivity index (χ1n) is 8.76. The zero-order chi connectivity index (χ0) is 16.0. The van der Waals surface area contributed by atoms with Crippen molar-refractivity contribution in [1.82, 2.24) is 10.2 Å². The van der Waals surface area contributed by atoms with Crippen LogP contribution < -0.4 is 5.32 Å². The first kappa shape index (κ1) is 18.5. The fraction of sp³-hybridized carbons (Fsp3) is 0.944. The van der Waals surface area contributed by atoms with Gasteiger partial charge in [-0.2, -0.15) is 0 Å². The number of amides is 1. The van der Waals surface area contributed by atoms with Crippen LogP contribution in [0.4, 0.5) is 0 Å². The lowest BCUT2D eigenvalue weighted by atomic mass is 9.86. The molecule has 0 radical (unpaired) electrons. The van der Waals surface area contributed by atoms with Crippen LogP contribution in [0, 0.1) is 17.3 Å². The van der Waals surface area contributed by atoms with Crippen molar-refractivity contribution in [2.75, 3.05) is 19.6 Å². The van der Waals surface area contributed by atoms with Gasteiger partial charge in [0.25, 0.3) is 0 Å². The zero-order valence-electron chi connectivity index (χ0n) is 15.0. The van der Waals surface area contributed by atoms with E-state index in [1.165, 1.54) is 0 Å². The van der Waals surface area contributed by atoms with E-state index in [1.807, 2.05) is 0 Å². The zero-order valence-corrected chi connectivity index (χ0v) is 15.0. The molecule has 2 atom stereocenters. The van der Waals surface area contributed by atoms with Gasteiger partial charge in [0.2, 0.25) is 5.91 Å². The van der Waals surface area contributed by atoms with Gasteiger partial charge in [-0.05, 0) is 43.1 Å². The van der Waals surface area contributed by atoms with Crippen molar-refractivity contribution in [2.24, 2.45) is 17.3 Å². The van der Waals surface area contributed by atoms with Crippen LogP contribution in [0.5, 0.6) is 0 Å². The molecule has 3 heteroatoms. The molecule has 0 aliphatic carbocycles. The molecule has 0 saturated carbocycles. The molecule has 21 heavy (non-hydrogen) atoms. The van der Waals surface area contributed by atoms with E-state index >= 15 is 0 Å². The molecule has 1 fully saturated rings. The lowest BCUT2D eigenvalue weighted by Gasteiger charge is -2.36. The summed E-state index contributed by atoms with van der Waals surface area (Å²) in [4.78, 5) is 14.5. The minimum Gasteiger partial charge on any atom is -0.341 e. The molecule has 1 aliphatic heterocycles. The fourth-order valence-corrected chi connectivity index (χ4v) is 3.10. The van der Waals surface area contributed by atoms with Crippen LogP contribution in [-0.4, -0.2) is 36.5 Å². The van der Waals surface area contributed by atoms with Gasteiger partial charge in [0.1, 0.15) is 0 Å². The van der Waals surface area contributed by atoms with Gasteiger partial charge in [-0.25, -0.2) is 0 Å². The van der Waals surface area contributed by atoms with Gasteiger partial charge in [-0.1, -0.05) is 41.5 Å². The SMILES string of the molecule is CCCNC(CN1CCC(C(C)C)CCC1=O)C(C)(C)C. The number of likely N-dealkylation sites (tertiary alicyclic amines) is 1. The summed E-state index contributed by atoms with van der Waals surface area (Å²) in [6.45, 7) is 16.4. The summed E-state index contributed by atoms with van der Waals surface area (Å²) in [7, 11) is 0. The Balaban J connectivity index is 2.66. The number of hydrogen-bond donors (Lipinski definition) is 1. The van der Waals surface area contributed by atoms with Crippen LogP contribution in [0.25, 0.3) is 0 Å². The average molecular weight is 296 g/mol.